The van der Waals surface area contributed by atoms with Gasteiger partial charge in [0.1, 0.15) is 11.6 Å². The molecule has 2 aromatic carbocycles. The average Bonchev–Trinajstić information content (AvgIpc) is 3.01. The number of halogens is 1. The van der Waals surface area contributed by atoms with E-state index in [4.69, 9.17) is 0 Å². The van der Waals surface area contributed by atoms with Crippen molar-refractivity contribution in [2.75, 3.05) is 0 Å². The molecular formula is C17H14FN5O3. The Morgan fingerprint density at radius 1 is 1.23 bits per heavy atom. The van der Waals surface area contributed by atoms with Gasteiger partial charge in [-0.2, -0.15) is 10.3 Å². The molecule has 1 aromatic heterocycles. The molecule has 1 amide bonds. The number of carbonyl (C=O) groups is 1. The van der Waals surface area contributed by atoms with E-state index in [9.17, 15) is 19.1 Å². The summed E-state index contributed by atoms with van der Waals surface area (Å²) in [6.45, 7) is 0.127. The Kier molecular flexibility index (Phi) is 4.88. The third-order valence-electron chi connectivity index (χ3n) is 3.45. The van der Waals surface area contributed by atoms with Crippen molar-refractivity contribution in [3.05, 3.63) is 81.5 Å². The van der Waals surface area contributed by atoms with Gasteiger partial charge in [0, 0.05) is 6.54 Å². The second kappa shape index (κ2) is 7.43. The number of nitrogens with zero attached hydrogens (tertiary/aromatic N) is 3. The van der Waals surface area contributed by atoms with Crippen LogP contribution in [0.2, 0.25) is 0 Å². The van der Waals surface area contributed by atoms with Crippen LogP contribution in [0, 0.1) is 5.82 Å². The summed E-state index contributed by atoms with van der Waals surface area (Å²) in [4.78, 5) is 25.0. The van der Waals surface area contributed by atoms with E-state index in [2.05, 4.69) is 20.7 Å². The van der Waals surface area contributed by atoms with Crippen molar-refractivity contribution in [2.45, 2.75) is 6.54 Å². The molecule has 0 saturated carbocycles. The number of rotatable bonds is 5. The first-order valence-electron chi connectivity index (χ1n) is 7.56. The van der Waals surface area contributed by atoms with Gasteiger partial charge in [0.15, 0.2) is 0 Å². The smallest absolute Gasteiger partial charge is 0.320 e. The molecule has 0 spiro atoms. The highest BCUT2D eigenvalue weighted by Gasteiger charge is 2.16. The summed E-state index contributed by atoms with van der Waals surface area (Å²) in [6.07, 6.45) is 1.37. The fraction of sp³-hybridized carbons (Fsp3) is 0.0588. The van der Waals surface area contributed by atoms with Crippen LogP contribution in [0.25, 0.3) is 0 Å². The summed E-state index contributed by atoms with van der Waals surface area (Å²) in [5.74, 6) is -0.933. The van der Waals surface area contributed by atoms with E-state index in [0.717, 1.165) is 4.79 Å². The van der Waals surface area contributed by atoms with Gasteiger partial charge < -0.3 is 10.4 Å². The molecule has 0 fully saturated rings. The van der Waals surface area contributed by atoms with Crippen molar-refractivity contribution in [1.82, 2.24) is 20.4 Å². The van der Waals surface area contributed by atoms with Crippen molar-refractivity contribution in [2.24, 2.45) is 5.10 Å². The maximum atomic E-state index is 12.8. The van der Waals surface area contributed by atoms with Gasteiger partial charge in [0.05, 0.1) is 6.21 Å². The van der Waals surface area contributed by atoms with Gasteiger partial charge in [-0.15, -0.1) is 9.89 Å². The molecule has 26 heavy (non-hydrogen) atoms. The quantitative estimate of drug-likeness (QED) is 0.598. The lowest BCUT2D eigenvalue weighted by Crippen LogP contribution is -2.29. The van der Waals surface area contributed by atoms with Gasteiger partial charge in [-0.05, 0) is 47.5 Å². The van der Waals surface area contributed by atoms with Gasteiger partial charge >= 0.3 is 5.56 Å². The van der Waals surface area contributed by atoms with Gasteiger partial charge in [-0.1, -0.05) is 12.1 Å². The zero-order chi connectivity index (χ0) is 18.5. The summed E-state index contributed by atoms with van der Waals surface area (Å²) < 4.78 is 12.8. The summed E-state index contributed by atoms with van der Waals surface area (Å²) in [6, 6.07) is 11.8. The molecule has 1 heterocycles. The lowest BCUT2D eigenvalue weighted by molar-refractivity contribution is 0.0944. The Morgan fingerprint density at radius 2 is 1.92 bits per heavy atom. The van der Waals surface area contributed by atoms with Crippen LogP contribution in [0.5, 0.6) is 5.75 Å². The fourth-order valence-electron chi connectivity index (χ4n) is 2.07. The van der Waals surface area contributed by atoms with Crippen LogP contribution >= 0.6 is 0 Å². The Morgan fingerprint density at radius 3 is 2.62 bits per heavy atom. The molecule has 0 aliphatic rings. The third kappa shape index (κ3) is 4.01. The van der Waals surface area contributed by atoms with E-state index in [0.29, 0.717) is 11.1 Å². The van der Waals surface area contributed by atoms with Crippen LogP contribution in [-0.2, 0) is 6.54 Å². The first-order valence-corrected chi connectivity index (χ1v) is 7.56. The molecule has 0 aliphatic carbocycles. The Balaban J connectivity index is 1.67. The van der Waals surface area contributed by atoms with Gasteiger partial charge in [0.2, 0.25) is 5.69 Å². The van der Waals surface area contributed by atoms with Crippen LogP contribution in [0.4, 0.5) is 4.39 Å². The molecule has 0 aliphatic heterocycles. The van der Waals surface area contributed by atoms with E-state index in [1.165, 1.54) is 42.6 Å². The molecule has 0 saturated heterocycles. The predicted molar refractivity (Wildman–Crippen MR) is 91.5 cm³/mol. The number of phenols is 1. The van der Waals surface area contributed by atoms with Crippen molar-refractivity contribution in [1.29, 1.82) is 0 Å². The van der Waals surface area contributed by atoms with Crippen molar-refractivity contribution in [3.8, 4) is 5.75 Å². The highest BCUT2D eigenvalue weighted by Crippen LogP contribution is 2.07. The minimum Gasteiger partial charge on any atom is -0.508 e. The van der Waals surface area contributed by atoms with Gasteiger partial charge in [0.25, 0.3) is 5.91 Å². The molecule has 0 unspecified atom stereocenters. The summed E-state index contributed by atoms with van der Waals surface area (Å²) in [7, 11) is 0. The summed E-state index contributed by atoms with van der Waals surface area (Å²) in [5, 5.41) is 21.7. The summed E-state index contributed by atoms with van der Waals surface area (Å²) in [5.41, 5.74) is 0.277. The molecule has 8 nitrogen and oxygen atoms in total. The predicted octanol–water partition coefficient (Wildman–Crippen LogP) is 1.23. The van der Waals surface area contributed by atoms with E-state index in [1.807, 2.05) is 0 Å². The van der Waals surface area contributed by atoms with Gasteiger partial charge in [-0.25, -0.2) is 4.39 Å². The minimum absolute atomic E-state index is 0.112. The summed E-state index contributed by atoms with van der Waals surface area (Å²) >= 11 is 0. The largest absolute Gasteiger partial charge is 0.508 e. The normalized spacial score (nSPS) is 11.0. The number of hydrogen-bond acceptors (Lipinski definition) is 5. The highest BCUT2D eigenvalue weighted by atomic mass is 19.1. The lowest BCUT2D eigenvalue weighted by Gasteiger charge is -2.02. The topological polar surface area (TPSA) is 112 Å². The Labute approximate surface area is 146 Å². The van der Waals surface area contributed by atoms with E-state index < -0.39 is 11.5 Å². The first-order chi connectivity index (χ1) is 12.5. The van der Waals surface area contributed by atoms with E-state index >= 15 is 0 Å². The maximum absolute atomic E-state index is 12.8. The van der Waals surface area contributed by atoms with E-state index in [-0.39, 0.29) is 23.8 Å². The lowest BCUT2D eigenvalue weighted by atomic mass is 10.2. The molecule has 0 atom stereocenters. The number of nitrogens with one attached hydrogen (secondary N) is 2. The number of aromatic amines is 1. The molecule has 0 radical (unpaired) electrons. The Bertz CT molecular complexity index is 990. The maximum Gasteiger partial charge on any atom is 0.320 e. The van der Waals surface area contributed by atoms with Crippen LogP contribution in [0.3, 0.4) is 0 Å². The number of H-pyrrole nitrogens is 1. The SMILES string of the molecule is O=C(NCc1ccc(F)cc1)c1n[nH]n(N=Cc2ccc(O)cc2)c1=O. The van der Waals surface area contributed by atoms with Crippen LogP contribution in [-0.4, -0.2) is 32.3 Å². The zero-order valence-electron chi connectivity index (χ0n) is 13.4. The number of amides is 1. The molecule has 9 heteroatoms. The number of phenolic OH excluding ortho intramolecular Hbond substituents is 1. The van der Waals surface area contributed by atoms with Crippen LogP contribution in [0.15, 0.2) is 58.4 Å². The third-order valence-corrected chi connectivity index (χ3v) is 3.45. The molecular weight excluding hydrogens is 341 g/mol. The first kappa shape index (κ1) is 17.1. The van der Waals surface area contributed by atoms with Crippen LogP contribution in [0.1, 0.15) is 21.6 Å². The molecule has 3 rings (SSSR count). The minimum atomic E-state index is -0.711. The number of aromatic hydroxyl groups is 1. The van der Waals surface area contributed by atoms with Crippen molar-refractivity contribution < 1.29 is 14.3 Å². The van der Waals surface area contributed by atoms with E-state index in [1.54, 1.807) is 12.1 Å². The molecule has 3 N–H and O–H groups in total. The second-order valence-electron chi connectivity index (χ2n) is 5.32. The average molecular weight is 355 g/mol. The Hall–Kier alpha value is -3.75. The van der Waals surface area contributed by atoms with Crippen molar-refractivity contribution in [3.63, 3.8) is 0 Å². The number of aromatic nitrogens is 3. The monoisotopic (exact) mass is 355 g/mol. The molecule has 0 bridgehead atoms. The number of carbonyl (C=O) groups excluding carboxylic acids is 1. The van der Waals surface area contributed by atoms with Gasteiger partial charge in [-0.3, -0.25) is 9.59 Å². The zero-order valence-corrected chi connectivity index (χ0v) is 13.4. The fourth-order valence-corrected chi connectivity index (χ4v) is 2.07. The van der Waals surface area contributed by atoms with Crippen molar-refractivity contribution >= 4 is 12.1 Å². The standard InChI is InChI=1S/C17H14FN5O3/c18-13-5-1-11(2-6-13)9-19-16(25)15-17(26)23(22-21-15)20-10-12-3-7-14(24)8-4-12/h1-8,10,22,24H,9H2,(H,19,25). The highest BCUT2D eigenvalue weighted by molar-refractivity contribution is 5.91. The molecule has 132 valence electrons. The second-order valence-corrected chi connectivity index (χ2v) is 5.32. The number of hydrogen-bond donors (Lipinski definition) is 3. The van der Waals surface area contributed by atoms with Crippen LogP contribution < -0.4 is 10.9 Å². The molecule has 3 aromatic rings. The number of benzene rings is 2.